The van der Waals surface area contributed by atoms with E-state index in [1.807, 2.05) is 24.3 Å². The van der Waals surface area contributed by atoms with Gasteiger partial charge in [-0.05, 0) is 44.0 Å². The fourth-order valence-electron chi connectivity index (χ4n) is 2.83. The molecule has 1 aromatic carbocycles. The van der Waals surface area contributed by atoms with Crippen LogP contribution in [0.4, 0.5) is 0 Å². The van der Waals surface area contributed by atoms with Gasteiger partial charge in [0.25, 0.3) is 0 Å². The van der Waals surface area contributed by atoms with E-state index in [2.05, 4.69) is 10.2 Å². The third-order valence-electron chi connectivity index (χ3n) is 4.27. The molecule has 24 heavy (non-hydrogen) atoms. The van der Waals surface area contributed by atoms with Gasteiger partial charge in [0.1, 0.15) is 5.75 Å². The maximum Gasteiger partial charge on any atom is 0.247 e. The zero-order valence-electron chi connectivity index (χ0n) is 13.8. The van der Waals surface area contributed by atoms with Crippen LogP contribution in [0.1, 0.15) is 31.6 Å². The van der Waals surface area contributed by atoms with Crippen LogP contribution in [0, 0.1) is 0 Å². The highest BCUT2D eigenvalue weighted by Crippen LogP contribution is 2.30. The van der Waals surface area contributed by atoms with E-state index in [0.717, 1.165) is 24.2 Å². The molecule has 1 aromatic heterocycles. The van der Waals surface area contributed by atoms with Crippen molar-refractivity contribution in [2.75, 3.05) is 26.0 Å². The van der Waals surface area contributed by atoms with Gasteiger partial charge in [-0.1, -0.05) is 0 Å². The Labute approximate surface area is 141 Å². The second-order valence-corrected chi connectivity index (χ2v) is 8.03. The Morgan fingerprint density at radius 3 is 2.71 bits per heavy atom. The summed E-state index contributed by atoms with van der Waals surface area (Å²) in [6, 6.07) is 7.36. The summed E-state index contributed by atoms with van der Waals surface area (Å²) in [5, 5.41) is 8.23. The van der Waals surface area contributed by atoms with E-state index in [-0.39, 0.29) is 11.7 Å². The molecule has 3 rings (SSSR count). The van der Waals surface area contributed by atoms with Crippen molar-refractivity contribution in [3.05, 3.63) is 30.2 Å². The van der Waals surface area contributed by atoms with Crippen molar-refractivity contribution in [2.45, 2.75) is 25.7 Å². The van der Waals surface area contributed by atoms with Crippen molar-refractivity contribution < 1.29 is 17.6 Å². The van der Waals surface area contributed by atoms with E-state index in [0.29, 0.717) is 24.9 Å². The summed E-state index contributed by atoms with van der Waals surface area (Å²) in [6.45, 7) is 2.62. The zero-order valence-corrected chi connectivity index (χ0v) is 14.6. The van der Waals surface area contributed by atoms with Crippen molar-refractivity contribution in [2.24, 2.45) is 0 Å². The SMILES string of the molecule is CCS(=O)(=O)N1CCC[C@@H](c2nnc(-c3ccc(OC)cc3)o2)C1. The van der Waals surface area contributed by atoms with Crippen LogP contribution in [0.25, 0.3) is 11.5 Å². The van der Waals surface area contributed by atoms with Gasteiger partial charge in [0.05, 0.1) is 18.8 Å². The molecule has 2 heterocycles. The molecule has 0 aliphatic carbocycles. The van der Waals surface area contributed by atoms with Crippen molar-refractivity contribution in [1.82, 2.24) is 14.5 Å². The summed E-state index contributed by atoms with van der Waals surface area (Å²) < 4.78 is 36.6. The van der Waals surface area contributed by atoms with Crippen LogP contribution in [-0.4, -0.2) is 48.9 Å². The van der Waals surface area contributed by atoms with Gasteiger partial charge in [0, 0.05) is 18.7 Å². The molecule has 1 fully saturated rings. The fraction of sp³-hybridized carbons (Fsp3) is 0.500. The number of benzene rings is 1. The molecule has 0 amide bonds. The Kier molecular flexibility index (Phi) is 4.86. The first-order valence-corrected chi connectivity index (χ1v) is 9.60. The third kappa shape index (κ3) is 3.44. The van der Waals surface area contributed by atoms with Crippen molar-refractivity contribution in [3.8, 4) is 17.2 Å². The lowest BCUT2D eigenvalue weighted by Crippen LogP contribution is -2.39. The van der Waals surface area contributed by atoms with Crippen LogP contribution in [0.2, 0.25) is 0 Å². The van der Waals surface area contributed by atoms with Gasteiger partial charge in [-0.15, -0.1) is 10.2 Å². The predicted octanol–water partition coefficient (Wildman–Crippen LogP) is 2.27. The summed E-state index contributed by atoms with van der Waals surface area (Å²) in [7, 11) is -1.58. The van der Waals surface area contributed by atoms with Crippen LogP contribution in [-0.2, 0) is 10.0 Å². The Morgan fingerprint density at radius 2 is 2.04 bits per heavy atom. The Morgan fingerprint density at radius 1 is 1.29 bits per heavy atom. The average Bonchev–Trinajstić information content (AvgIpc) is 3.12. The lowest BCUT2D eigenvalue weighted by Gasteiger charge is -2.29. The maximum atomic E-state index is 12.1. The molecule has 7 nitrogen and oxygen atoms in total. The highest BCUT2D eigenvalue weighted by Gasteiger charge is 2.31. The molecule has 0 radical (unpaired) electrons. The van der Waals surface area contributed by atoms with E-state index in [9.17, 15) is 8.42 Å². The van der Waals surface area contributed by atoms with Crippen molar-refractivity contribution >= 4 is 10.0 Å². The first kappa shape index (κ1) is 16.9. The third-order valence-corrected chi connectivity index (χ3v) is 6.12. The van der Waals surface area contributed by atoms with E-state index >= 15 is 0 Å². The summed E-state index contributed by atoms with van der Waals surface area (Å²) in [5.74, 6) is 1.74. The molecule has 0 saturated carbocycles. The normalized spacial score (nSPS) is 19.3. The Hall–Kier alpha value is -1.93. The minimum absolute atomic E-state index is 0.0560. The van der Waals surface area contributed by atoms with E-state index < -0.39 is 10.0 Å². The van der Waals surface area contributed by atoms with Crippen molar-refractivity contribution in [3.63, 3.8) is 0 Å². The molecule has 1 saturated heterocycles. The first-order chi connectivity index (χ1) is 11.5. The fourth-order valence-corrected chi connectivity index (χ4v) is 4.01. The van der Waals surface area contributed by atoms with Gasteiger partial charge in [-0.25, -0.2) is 12.7 Å². The molecule has 2 aromatic rings. The van der Waals surface area contributed by atoms with Crippen LogP contribution in [0.3, 0.4) is 0 Å². The van der Waals surface area contributed by atoms with Gasteiger partial charge in [-0.3, -0.25) is 0 Å². The Bertz CT molecular complexity index is 786. The molecule has 1 atom stereocenters. The number of nitrogens with zero attached hydrogens (tertiary/aromatic N) is 3. The molecule has 1 aliphatic rings. The van der Waals surface area contributed by atoms with Crippen LogP contribution in [0.15, 0.2) is 28.7 Å². The molecule has 0 bridgehead atoms. The maximum absolute atomic E-state index is 12.1. The van der Waals surface area contributed by atoms with E-state index in [4.69, 9.17) is 9.15 Å². The van der Waals surface area contributed by atoms with Crippen molar-refractivity contribution in [1.29, 1.82) is 0 Å². The number of piperidine rings is 1. The van der Waals surface area contributed by atoms with Gasteiger partial charge < -0.3 is 9.15 Å². The van der Waals surface area contributed by atoms with Crippen LogP contribution in [0.5, 0.6) is 5.75 Å². The lowest BCUT2D eigenvalue weighted by atomic mass is 10.00. The van der Waals surface area contributed by atoms with Gasteiger partial charge in [0.15, 0.2) is 0 Å². The second-order valence-electron chi connectivity index (χ2n) is 5.77. The standard InChI is InChI=1S/C16H21N3O4S/c1-3-24(20,21)19-10-4-5-13(11-19)16-18-17-15(23-16)12-6-8-14(22-2)9-7-12/h6-9,13H,3-5,10-11H2,1-2H3/t13-/m1/s1. The van der Waals surface area contributed by atoms with E-state index in [1.54, 1.807) is 14.0 Å². The second kappa shape index (κ2) is 6.90. The lowest BCUT2D eigenvalue weighted by molar-refractivity contribution is 0.286. The number of rotatable bonds is 5. The largest absolute Gasteiger partial charge is 0.497 e. The first-order valence-electron chi connectivity index (χ1n) is 7.99. The summed E-state index contributed by atoms with van der Waals surface area (Å²) in [4.78, 5) is 0. The molecule has 1 aliphatic heterocycles. The molecule has 130 valence electrons. The van der Waals surface area contributed by atoms with Gasteiger partial charge >= 0.3 is 0 Å². The summed E-state index contributed by atoms with van der Waals surface area (Å²) in [6.07, 6.45) is 1.64. The molecule has 0 spiro atoms. The quantitative estimate of drug-likeness (QED) is 0.821. The summed E-state index contributed by atoms with van der Waals surface area (Å²) >= 11 is 0. The van der Waals surface area contributed by atoms with Gasteiger partial charge in [-0.2, -0.15) is 0 Å². The highest BCUT2D eigenvalue weighted by atomic mass is 32.2. The number of hydrogen-bond acceptors (Lipinski definition) is 6. The molecular weight excluding hydrogens is 330 g/mol. The predicted molar refractivity (Wildman–Crippen MR) is 89.3 cm³/mol. The topological polar surface area (TPSA) is 85.5 Å². The highest BCUT2D eigenvalue weighted by molar-refractivity contribution is 7.89. The molecule has 0 N–H and O–H groups in total. The molecular formula is C16H21N3O4S. The number of sulfonamides is 1. The minimum atomic E-state index is -3.19. The Balaban J connectivity index is 1.77. The zero-order chi connectivity index (χ0) is 17.2. The van der Waals surface area contributed by atoms with Crippen LogP contribution < -0.4 is 4.74 Å². The number of methoxy groups -OCH3 is 1. The van der Waals surface area contributed by atoms with Crippen LogP contribution >= 0.6 is 0 Å². The monoisotopic (exact) mass is 351 g/mol. The smallest absolute Gasteiger partial charge is 0.247 e. The summed E-state index contributed by atoms with van der Waals surface area (Å²) in [5.41, 5.74) is 0.809. The average molecular weight is 351 g/mol. The molecule has 0 unspecified atom stereocenters. The van der Waals surface area contributed by atoms with Gasteiger partial charge in [0.2, 0.25) is 21.8 Å². The van der Waals surface area contributed by atoms with E-state index in [1.165, 1.54) is 4.31 Å². The number of ether oxygens (including phenoxy) is 1. The number of aromatic nitrogens is 2. The number of hydrogen-bond donors (Lipinski definition) is 0. The minimum Gasteiger partial charge on any atom is -0.497 e. The molecule has 8 heteroatoms.